The lowest BCUT2D eigenvalue weighted by Crippen LogP contribution is -2.61. The fraction of sp³-hybridized carbons (Fsp3) is 0.600. The van der Waals surface area contributed by atoms with Crippen LogP contribution in [0.5, 0.6) is 0 Å². The Morgan fingerprint density at radius 2 is 1.85 bits per heavy atom. The molecule has 34 heavy (non-hydrogen) atoms. The zero-order valence-electron chi connectivity index (χ0n) is 19.8. The number of methoxy groups -OCH3 is 1. The van der Waals surface area contributed by atoms with Gasteiger partial charge in [-0.2, -0.15) is 0 Å². The van der Waals surface area contributed by atoms with Crippen LogP contribution >= 0.6 is 12.2 Å². The number of carbonyl (C=O) groups excluding carboxylic acids is 3. The van der Waals surface area contributed by atoms with Crippen molar-refractivity contribution in [2.45, 2.75) is 44.7 Å². The van der Waals surface area contributed by atoms with Crippen LogP contribution in [-0.4, -0.2) is 83.5 Å². The molecule has 0 spiro atoms. The van der Waals surface area contributed by atoms with Gasteiger partial charge in [0.2, 0.25) is 11.8 Å². The molecule has 3 atom stereocenters. The molecule has 2 saturated heterocycles. The lowest BCUT2D eigenvalue weighted by Gasteiger charge is -2.43. The molecule has 0 aromatic heterocycles. The van der Waals surface area contributed by atoms with Gasteiger partial charge in [-0.15, -0.1) is 0 Å². The van der Waals surface area contributed by atoms with E-state index >= 15 is 0 Å². The van der Waals surface area contributed by atoms with Crippen LogP contribution in [0.2, 0.25) is 0 Å². The molecule has 1 aromatic carbocycles. The molecule has 2 heterocycles. The first kappa shape index (κ1) is 24.6. The summed E-state index contributed by atoms with van der Waals surface area (Å²) < 4.78 is 4.87. The van der Waals surface area contributed by atoms with Crippen LogP contribution in [-0.2, 0) is 25.7 Å². The summed E-state index contributed by atoms with van der Waals surface area (Å²) >= 11 is 5.45. The Morgan fingerprint density at radius 3 is 2.56 bits per heavy atom. The number of nitrogens with zero attached hydrogens (tertiary/aromatic N) is 3. The number of hydrogen-bond donors (Lipinski definition) is 1. The van der Waals surface area contributed by atoms with Gasteiger partial charge in [-0.05, 0) is 43.5 Å². The number of amides is 2. The van der Waals surface area contributed by atoms with Crippen LogP contribution in [0.1, 0.15) is 37.7 Å². The topological polar surface area (TPSA) is 82.2 Å². The molecule has 3 unspecified atom stereocenters. The van der Waals surface area contributed by atoms with Crippen LogP contribution in [0.4, 0.5) is 0 Å². The average Bonchev–Trinajstić information content (AvgIpc) is 2.86. The highest BCUT2D eigenvalue weighted by Gasteiger charge is 2.44. The third-order valence-corrected chi connectivity index (χ3v) is 7.61. The molecule has 184 valence electrons. The minimum Gasteiger partial charge on any atom is -0.469 e. The number of benzene rings is 1. The summed E-state index contributed by atoms with van der Waals surface area (Å²) in [5, 5.41) is 3.66. The van der Waals surface area contributed by atoms with E-state index in [-0.39, 0.29) is 35.7 Å². The normalized spacial score (nSPS) is 25.5. The third-order valence-electron chi connectivity index (χ3n) is 7.27. The largest absolute Gasteiger partial charge is 0.469 e. The summed E-state index contributed by atoms with van der Waals surface area (Å²) in [6.45, 7) is 4.56. The zero-order valence-corrected chi connectivity index (χ0v) is 20.6. The second-order valence-electron chi connectivity index (χ2n) is 9.43. The molecule has 0 bridgehead atoms. The Balaban J connectivity index is 1.19. The Hall–Kier alpha value is -2.52. The monoisotopic (exact) mass is 486 g/mol. The summed E-state index contributed by atoms with van der Waals surface area (Å²) in [6, 6.07) is 10.3. The van der Waals surface area contributed by atoms with Gasteiger partial charge < -0.3 is 15.0 Å². The van der Waals surface area contributed by atoms with Gasteiger partial charge in [0.15, 0.2) is 5.11 Å². The fourth-order valence-electron chi connectivity index (χ4n) is 5.30. The van der Waals surface area contributed by atoms with Crippen molar-refractivity contribution < 1.29 is 19.1 Å². The van der Waals surface area contributed by atoms with E-state index in [1.54, 1.807) is 4.90 Å². The predicted octanol–water partition coefficient (Wildman–Crippen LogP) is 1.79. The van der Waals surface area contributed by atoms with Gasteiger partial charge in [-0.1, -0.05) is 30.3 Å². The molecule has 1 N–H and O–H groups in total. The van der Waals surface area contributed by atoms with E-state index in [9.17, 15) is 14.4 Å². The van der Waals surface area contributed by atoms with Gasteiger partial charge in [-0.25, -0.2) is 0 Å². The number of rotatable bonds is 7. The first-order chi connectivity index (χ1) is 16.5. The molecule has 3 fully saturated rings. The van der Waals surface area contributed by atoms with Crippen molar-refractivity contribution in [1.29, 1.82) is 0 Å². The number of esters is 1. The number of thiocarbonyl (C=S) groups is 1. The van der Waals surface area contributed by atoms with Gasteiger partial charge in [-0.3, -0.25) is 24.2 Å². The minimum absolute atomic E-state index is 0.0130. The minimum atomic E-state index is -0.222. The number of carbonyl (C=O) groups is 3. The van der Waals surface area contributed by atoms with E-state index < -0.39 is 0 Å². The van der Waals surface area contributed by atoms with Crippen LogP contribution in [0, 0.1) is 11.8 Å². The Labute approximate surface area is 206 Å². The maximum atomic E-state index is 13.1. The quantitative estimate of drug-likeness (QED) is 0.465. The maximum absolute atomic E-state index is 13.1. The number of piperazine rings is 1. The van der Waals surface area contributed by atoms with E-state index in [2.05, 4.69) is 34.5 Å². The van der Waals surface area contributed by atoms with Gasteiger partial charge in [0.1, 0.15) is 0 Å². The SMILES string of the molecule is COC(=O)C1CCC2C(=O)N(CCCC(=O)N3CCN(Cc4ccccc4)CC3)C(=S)NC2C1. The Kier molecular flexibility index (Phi) is 8.15. The summed E-state index contributed by atoms with van der Waals surface area (Å²) in [5.74, 6) is -0.439. The predicted molar refractivity (Wildman–Crippen MR) is 132 cm³/mol. The summed E-state index contributed by atoms with van der Waals surface area (Å²) in [5.41, 5.74) is 1.29. The average molecular weight is 487 g/mol. The van der Waals surface area contributed by atoms with Crippen molar-refractivity contribution in [1.82, 2.24) is 20.0 Å². The van der Waals surface area contributed by atoms with E-state index in [0.717, 1.165) is 32.7 Å². The summed E-state index contributed by atoms with van der Waals surface area (Å²) in [4.78, 5) is 43.6. The smallest absolute Gasteiger partial charge is 0.308 e. The van der Waals surface area contributed by atoms with Gasteiger partial charge in [0.05, 0.1) is 18.9 Å². The number of nitrogens with one attached hydrogen (secondary N) is 1. The first-order valence-corrected chi connectivity index (χ1v) is 12.6. The molecule has 1 aliphatic carbocycles. The van der Waals surface area contributed by atoms with Crippen molar-refractivity contribution in [2.24, 2.45) is 11.8 Å². The lowest BCUT2D eigenvalue weighted by atomic mass is 9.76. The summed E-state index contributed by atoms with van der Waals surface area (Å²) in [7, 11) is 1.40. The molecule has 9 heteroatoms. The second kappa shape index (κ2) is 11.3. The highest BCUT2D eigenvalue weighted by molar-refractivity contribution is 7.80. The Bertz CT molecular complexity index is 903. The van der Waals surface area contributed by atoms with Crippen LogP contribution in [0.15, 0.2) is 30.3 Å². The molecule has 3 aliphatic rings. The molecule has 4 rings (SSSR count). The van der Waals surface area contributed by atoms with E-state index in [4.69, 9.17) is 17.0 Å². The second-order valence-corrected chi connectivity index (χ2v) is 9.82. The first-order valence-electron chi connectivity index (χ1n) is 12.2. The lowest BCUT2D eigenvalue weighted by molar-refractivity contribution is -0.149. The number of fused-ring (bicyclic) bond motifs is 1. The van der Waals surface area contributed by atoms with E-state index in [0.29, 0.717) is 43.8 Å². The fourth-order valence-corrected chi connectivity index (χ4v) is 5.63. The number of hydrogen-bond acceptors (Lipinski definition) is 6. The summed E-state index contributed by atoms with van der Waals surface area (Å²) in [6.07, 6.45) is 2.84. The van der Waals surface area contributed by atoms with Crippen molar-refractivity contribution in [3.05, 3.63) is 35.9 Å². The highest BCUT2D eigenvalue weighted by atomic mass is 32.1. The third kappa shape index (κ3) is 5.75. The standard InChI is InChI=1S/C25H34N4O4S/c1-33-24(32)19-9-10-20-21(16-19)26-25(34)29(23(20)31)11-5-8-22(30)28-14-12-27(13-15-28)17-18-6-3-2-4-7-18/h2-4,6-7,19-21H,5,8-17H2,1H3,(H,26,34). The van der Waals surface area contributed by atoms with Crippen molar-refractivity contribution in [3.8, 4) is 0 Å². The van der Waals surface area contributed by atoms with E-state index in [1.165, 1.54) is 12.7 Å². The van der Waals surface area contributed by atoms with Gasteiger partial charge >= 0.3 is 5.97 Å². The Morgan fingerprint density at radius 1 is 1.12 bits per heavy atom. The van der Waals surface area contributed by atoms with Gasteiger partial charge in [0.25, 0.3) is 0 Å². The van der Waals surface area contributed by atoms with Crippen molar-refractivity contribution in [2.75, 3.05) is 39.8 Å². The molecule has 1 aromatic rings. The van der Waals surface area contributed by atoms with Crippen LogP contribution in [0.25, 0.3) is 0 Å². The van der Waals surface area contributed by atoms with Crippen LogP contribution < -0.4 is 5.32 Å². The molecule has 8 nitrogen and oxygen atoms in total. The van der Waals surface area contributed by atoms with Crippen molar-refractivity contribution in [3.63, 3.8) is 0 Å². The molecular formula is C25H34N4O4S. The van der Waals surface area contributed by atoms with Crippen LogP contribution in [0.3, 0.4) is 0 Å². The maximum Gasteiger partial charge on any atom is 0.308 e. The molecule has 2 amide bonds. The van der Waals surface area contributed by atoms with Gasteiger partial charge in [0, 0.05) is 51.7 Å². The zero-order chi connectivity index (χ0) is 24.1. The number of ether oxygens (including phenoxy) is 1. The van der Waals surface area contributed by atoms with E-state index in [1.807, 2.05) is 11.0 Å². The van der Waals surface area contributed by atoms with Crippen molar-refractivity contribution >= 4 is 35.1 Å². The molecule has 1 saturated carbocycles. The highest BCUT2D eigenvalue weighted by Crippen LogP contribution is 2.33. The molecular weight excluding hydrogens is 452 g/mol. The molecule has 0 radical (unpaired) electrons. The molecule has 2 aliphatic heterocycles.